The van der Waals surface area contributed by atoms with Gasteiger partial charge in [0.05, 0.1) is 0 Å². The molecule has 1 heterocycles. The highest BCUT2D eigenvalue weighted by atomic mass is 32.2. The van der Waals surface area contributed by atoms with Crippen LogP contribution in [0.15, 0.2) is 18.3 Å². The van der Waals surface area contributed by atoms with Gasteiger partial charge >= 0.3 is 0 Å². The zero-order valence-electron chi connectivity index (χ0n) is 9.15. The highest BCUT2D eigenvalue weighted by Crippen LogP contribution is 2.12. The van der Waals surface area contributed by atoms with E-state index < -0.39 is 0 Å². The van der Waals surface area contributed by atoms with E-state index in [-0.39, 0.29) is 6.04 Å². The predicted octanol–water partition coefficient (Wildman–Crippen LogP) is 1.68. The van der Waals surface area contributed by atoms with Crippen LogP contribution in [0.5, 0.6) is 0 Å². The van der Waals surface area contributed by atoms with Crippen molar-refractivity contribution in [3.8, 4) is 0 Å². The smallest absolute Gasteiger partial charge is 0.126 e. The molecule has 0 aromatic carbocycles. The first-order valence-corrected chi connectivity index (χ1v) is 6.42. The minimum Gasteiger partial charge on any atom is -0.383 e. The largest absolute Gasteiger partial charge is 0.383 e. The number of nitrogens with zero attached hydrogens (tertiary/aromatic N) is 1. The SMILES string of the molecule is CCCSCC(N)Cc1cccnc1N. The summed E-state index contributed by atoms with van der Waals surface area (Å²) in [7, 11) is 0. The summed E-state index contributed by atoms with van der Waals surface area (Å²) >= 11 is 1.90. The molecule has 0 aliphatic carbocycles. The third kappa shape index (κ3) is 4.53. The first-order chi connectivity index (χ1) is 7.24. The van der Waals surface area contributed by atoms with Gasteiger partial charge in [0.1, 0.15) is 5.82 Å². The van der Waals surface area contributed by atoms with E-state index in [0.29, 0.717) is 5.82 Å². The topological polar surface area (TPSA) is 64.9 Å². The fourth-order valence-corrected chi connectivity index (χ4v) is 2.22. The van der Waals surface area contributed by atoms with Crippen molar-refractivity contribution in [2.45, 2.75) is 25.8 Å². The van der Waals surface area contributed by atoms with Crippen LogP contribution in [0.4, 0.5) is 5.82 Å². The summed E-state index contributed by atoms with van der Waals surface area (Å²) in [6.07, 6.45) is 3.72. The van der Waals surface area contributed by atoms with Crippen LogP contribution in [-0.4, -0.2) is 22.5 Å². The van der Waals surface area contributed by atoms with Gasteiger partial charge in [-0.3, -0.25) is 0 Å². The molecule has 0 aliphatic heterocycles. The Labute approximate surface area is 95.6 Å². The molecule has 0 amide bonds. The number of aromatic nitrogens is 1. The molecule has 1 aromatic rings. The van der Waals surface area contributed by atoms with Crippen LogP contribution in [0.3, 0.4) is 0 Å². The lowest BCUT2D eigenvalue weighted by molar-refractivity contribution is 0.747. The maximum Gasteiger partial charge on any atom is 0.126 e. The van der Waals surface area contributed by atoms with E-state index in [1.807, 2.05) is 23.9 Å². The molecular weight excluding hydrogens is 206 g/mol. The second kappa shape index (κ2) is 6.69. The number of anilines is 1. The Balaban J connectivity index is 2.37. The maximum absolute atomic E-state index is 6.01. The first-order valence-electron chi connectivity index (χ1n) is 5.26. The molecule has 4 heteroatoms. The average Bonchev–Trinajstić information content (AvgIpc) is 2.22. The van der Waals surface area contributed by atoms with Crippen molar-refractivity contribution in [3.05, 3.63) is 23.9 Å². The number of nitrogen functional groups attached to an aromatic ring is 1. The second-order valence-electron chi connectivity index (χ2n) is 3.59. The van der Waals surface area contributed by atoms with Crippen LogP contribution in [0.1, 0.15) is 18.9 Å². The number of rotatable bonds is 6. The normalized spacial score (nSPS) is 12.7. The molecule has 0 saturated heterocycles. The van der Waals surface area contributed by atoms with Gasteiger partial charge < -0.3 is 11.5 Å². The van der Waals surface area contributed by atoms with E-state index in [1.54, 1.807) is 6.20 Å². The van der Waals surface area contributed by atoms with Crippen molar-refractivity contribution in [2.75, 3.05) is 17.2 Å². The second-order valence-corrected chi connectivity index (χ2v) is 4.74. The van der Waals surface area contributed by atoms with Gasteiger partial charge in [-0.1, -0.05) is 13.0 Å². The summed E-state index contributed by atoms with van der Waals surface area (Å²) < 4.78 is 0. The molecule has 1 unspecified atom stereocenters. The van der Waals surface area contributed by atoms with Gasteiger partial charge in [-0.25, -0.2) is 4.98 Å². The summed E-state index contributed by atoms with van der Waals surface area (Å²) in [5.74, 6) is 2.77. The van der Waals surface area contributed by atoms with Gasteiger partial charge in [0.2, 0.25) is 0 Å². The molecule has 1 aromatic heterocycles. The lowest BCUT2D eigenvalue weighted by Gasteiger charge is -2.11. The monoisotopic (exact) mass is 225 g/mol. The van der Waals surface area contributed by atoms with Crippen LogP contribution in [0.2, 0.25) is 0 Å². The Bertz CT molecular complexity index is 291. The first kappa shape index (κ1) is 12.3. The number of nitrogens with two attached hydrogens (primary N) is 2. The van der Waals surface area contributed by atoms with Gasteiger partial charge in [0.15, 0.2) is 0 Å². The maximum atomic E-state index is 6.01. The minimum absolute atomic E-state index is 0.174. The molecule has 0 bridgehead atoms. The quantitative estimate of drug-likeness (QED) is 0.723. The van der Waals surface area contributed by atoms with Crippen LogP contribution in [0, 0.1) is 0 Å². The minimum atomic E-state index is 0.174. The van der Waals surface area contributed by atoms with Crippen molar-refractivity contribution in [2.24, 2.45) is 5.73 Å². The van der Waals surface area contributed by atoms with E-state index in [0.717, 1.165) is 17.7 Å². The van der Waals surface area contributed by atoms with E-state index in [9.17, 15) is 0 Å². The van der Waals surface area contributed by atoms with E-state index in [4.69, 9.17) is 11.5 Å². The molecular formula is C11H19N3S. The Morgan fingerprint density at radius 2 is 2.33 bits per heavy atom. The molecule has 0 spiro atoms. The fourth-order valence-electron chi connectivity index (χ4n) is 1.34. The standard InChI is InChI=1S/C11H19N3S/c1-2-6-15-8-10(12)7-9-4-3-5-14-11(9)13/h3-5,10H,2,6-8,12H2,1H3,(H2,13,14). The van der Waals surface area contributed by atoms with Crippen LogP contribution in [-0.2, 0) is 6.42 Å². The number of hydrogen-bond donors (Lipinski definition) is 2. The Morgan fingerprint density at radius 1 is 1.53 bits per heavy atom. The van der Waals surface area contributed by atoms with E-state index in [1.165, 1.54) is 12.2 Å². The molecule has 0 fully saturated rings. The van der Waals surface area contributed by atoms with Crippen molar-refractivity contribution in [1.82, 2.24) is 4.98 Å². The van der Waals surface area contributed by atoms with Crippen molar-refractivity contribution in [1.29, 1.82) is 0 Å². The highest BCUT2D eigenvalue weighted by molar-refractivity contribution is 7.99. The lowest BCUT2D eigenvalue weighted by atomic mass is 10.1. The molecule has 0 aliphatic rings. The molecule has 1 rings (SSSR count). The van der Waals surface area contributed by atoms with E-state index in [2.05, 4.69) is 11.9 Å². The summed E-state index contributed by atoms with van der Waals surface area (Å²) in [5, 5.41) is 0. The van der Waals surface area contributed by atoms with Crippen LogP contribution < -0.4 is 11.5 Å². The number of pyridine rings is 1. The third-order valence-corrected chi connectivity index (χ3v) is 3.45. The van der Waals surface area contributed by atoms with Crippen molar-refractivity contribution < 1.29 is 0 Å². The molecule has 0 saturated carbocycles. The fraction of sp³-hybridized carbons (Fsp3) is 0.545. The summed E-state index contributed by atoms with van der Waals surface area (Å²) in [5.41, 5.74) is 12.8. The molecule has 1 atom stereocenters. The third-order valence-electron chi connectivity index (χ3n) is 2.09. The number of hydrogen-bond acceptors (Lipinski definition) is 4. The van der Waals surface area contributed by atoms with Gasteiger partial charge in [0.25, 0.3) is 0 Å². The molecule has 15 heavy (non-hydrogen) atoms. The number of thioether (sulfide) groups is 1. The summed E-state index contributed by atoms with van der Waals surface area (Å²) in [6, 6.07) is 4.07. The summed E-state index contributed by atoms with van der Waals surface area (Å²) in [6.45, 7) is 2.18. The molecule has 0 radical (unpaired) electrons. The Kier molecular flexibility index (Phi) is 5.50. The zero-order valence-corrected chi connectivity index (χ0v) is 9.96. The van der Waals surface area contributed by atoms with Gasteiger partial charge in [-0.2, -0.15) is 11.8 Å². The lowest BCUT2D eigenvalue weighted by Crippen LogP contribution is -2.26. The average molecular weight is 225 g/mol. The molecule has 84 valence electrons. The predicted molar refractivity (Wildman–Crippen MR) is 67.9 cm³/mol. The van der Waals surface area contributed by atoms with Gasteiger partial charge in [-0.05, 0) is 30.2 Å². The van der Waals surface area contributed by atoms with Crippen molar-refractivity contribution >= 4 is 17.6 Å². The van der Waals surface area contributed by atoms with Crippen molar-refractivity contribution in [3.63, 3.8) is 0 Å². The zero-order chi connectivity index (χ0) is 11.1. The van der Waals surface area contributed by atoms with Crippen LogP contribution >= 0.6 is 11.8 Å². The molecule has 3 nitrogen and oxygen atoms in total. The highest BCUT2D eigenvalue weighted by Gasteiger charge is 2.06. The van der Waals surface area contributed by atoms with E-state index >= 15 is 0 Å². The van der Waals surface area contributed by atoms with Gasteiger partial charge in [0, 0.05) is 18.0 Å². The van der Waals surface area contributed by atoms with Gasteiger partial charge in [-0.15, -0.1) is 0 Å². The van der Waals surface area contributed by atoms with Crippen LogP contribution in [0.25, 0.3) is 0 Å². The Hall–Kier alpha value is -0.740. The molecule has 4 N–H and O–H groups in total. The Morgan fingerprint density at radius 3 is 3.00 bits per heavy atom. The summed E-state index contributed by atoms with van der Waals surface area (Å²) in [4.78, 5) is 4.04.